The zero-order valence-corrected chi connectivity index (χ0v) is 15.2. The molecule has 0 atom stereocenters. The number of thioether (sulfide) groups is 1. The molecule has 0 N–H and O–H groups in total. The minimum absolute atomic E-state index is 0.202. The van der Waals surface area contributed by atoms with Crippen molar-refractivity contribution in [2.75, 3.05) is 0 Å². The van der Waals surface area contributed by atoms with Crippen LogP contribution in [-0.2, 0) is 11.3 Å². The summed E-state index contributed by atoms with van der Waals surface area (Å²) in [4.78, 5) is 26.2. The van der Waals surface area contributed by atoms with Crippen molar-refractivity contribution in [3.05, 3.63) is 73.6 Å². The summed E-state index contributed by atoms with van der Waals surface area (Å²) in [5.41, 5.74) is 1.46. The second kappa shape index (κ2) is 7.19. The highest BCUT2D eigenvalue weighted by Crippen LogP contribution is 2.34. The number of hydrogen-bond acceptors (Lipinski definition) is 3. The van der Waals surface area contributed by atoms with E-state index in [-0.39, 0.29) is 17.7 Å². The Kier molecular flexibility index (Phi) is 5.21. The molecule has 3 nitrogen and oxygen atoms in total. The molecule has 1 heterocycles. The van der Waals surface area contributed by atoms with E-state index in [0.29, 0.717) is 25.5 Å². The Morgan fingerprint density at radius 1 is 0.958 bits per heavy atom. The lowest BCUT2D eigenvalue weighted by atomic mass is 10.2. The highest BCUT2D eigenvalue weighted by molar-refractivity contribution is 8.18. The van der Waals surface area contributed by atoms with Crippen LogP contribution in [0.1, 0.15) is 11.1 Å². The average molecular weight is 399 g/mol. The highest BCUT2D eigenvalue weighted by Gasteiger charge is 2.35. The summed E-state index contributed by atoms with van der Waals surface area (Å²) < 4.78 is 0. The van der Waals surface area contributed by atoms with Crippen molar-refractivity contribution < 1.29 is 9.59 Å². The molecular weight excluding hydrogens is 389 g/mol. The van der Waals surface area contributed by atoms with Crippen molar-refractivity contribution >= 4 is 63.8 Å². The third-order valence-corrected chi connectivity index (χ3v) is 5.10. The molecule has 1 aliphatic heterocycles. The topological polar surface area (TPSA) is 37.4 Å². The number of carbonyl (C=O) groups excluding carboxylic acids is 2. The van der Waals surface area contributed by atoms with Gasteiger partial charge in [-0.1, -0.05) is 53.0 Å². The Bertz CT molecular complexity index is 849. The van der Waals surface area contributed by atoms with E-state index in [1.54, 1.807) is 48.5 Å². The third-order valence-electron chi connectivity index (χ3n) is 3.38. The summed E-state index contributed by atoms with van der Waals surface area (Å²) in [6.45, 7) is 0.202. The zero-order chi connectivity index (χ0) is 17.3. The van der Waals surface area contributed by atoms with Crippen LogP contribution < -0.4 is 0 Å². The molecule has 2 aromatic carbocycles. The normalized spacial score (nSPS) is 16.3. The van der Waals surface area contributed by atoms with Gasteiger partial charge in [-0.05, 0) is 53.2 Å². The Morgan fingerprint density at radius 3 is 2.29 bits per heavy atom. The van der Waals surface area contributed by atoms with Crippen LogP contribution in [0, 0.1) is 0 Å². The minimum Gasteiger partial charge on any atom is -0.268 e. The smallest absolute Gasteiger partial charge is 0.268 e. The molecule has 0 saturated carbocycles. The number of imide groups is 1. The van der Waals surface area contributed by atoms with Crippen LogP contribution in [0.2, 0.25) is 15.1 Å². The summed E-state index contributed by atoms with van der Waals surface area (Å²) in [5.74, 6) is -0.342. The van der Waals surface area contributed by atoms with Crippen LogP contribution in [0.5, 0.6) is 0 Å². The fourth-order valence-corrected chi connectivity index (χ4v) is 3.59. The first-order chi connectivity index (χ1) is 11.4. The quantitative estimate of drug-likeness (QED) is 0.606. The molecule has 0 unspecified atom stereocenters. The summed E-state index contributed by atoms with van der Waals surface area (Å²) in [7, 11) is 0. The van der Waals surface area contributed by atoms with Gasteiger partial charge < -0.3 is 0 Å². The number of rotatable bonds is 3. The van der Waals surface area contributed by atoms with Gasteiger partial charge in [-0.25, -0.2) is 0 Å². The third kappa shape index (κ3) is 3.78. The van der Waals surface area contributed by atoms with Crippen LogP contribution >= 0.6 is 46.6 Å². The molecule has 0 spiro atoms. The van der Waals surface area contributed by atoms with E-state index in [2.05, 4.69) is 0 Å². The van der Waals surface area contributed by atoms with Crippen LogP contribution in [0.15, 0.2) is 47.4 Å². The average Bonchev–Trinajstić information content (AvgIpc) is 2.80. The number of halogens is 3. The number of hydrogen-bond donors (Lipinski definition) is 0. The SMILES string of the molecule is O=C1S/C(=C\c2ccc(Cl)cc2Cl)C(=O)N1Cc1ccc(Cl)cc1. The number of amides is 2. The molecule has 0 radical (unpaired) electrons. The molecule has 0 aliphatic carbocycles. The predicted octanol–water partition coefficient (Wildman–Crippen LogP) is 5.88. The molecule has 0 aromatic heterocycles. The van der Waals surface area contributed by atoms with Crippen molar-refractivity contribution in [3.63, 3.8) is 0 Å². The van der Waals surface area contributed by atoms with Gasteiger partial charge in [0.25, 0.3) is 11.1 Å². The maximum absolute atomic E-state index is 12.5. The largest absolute Gasteiger partial charge is 0.293 e. The molecule has 1 aliphatic rings. The van der Waals surface area contributed by atoms with Crippen LogP contribution in [-0.4, -0.2) is 16.0 Å². The maximum atomic E-state index is 12.5. The molecule has 122 valence electrons. The minimum atomic E-state index is -0.342. The van der Waals surface area contributed by atoms with Gasteiger partial charge in [0.2, 0.25) is 0 Å². The standard InChI is InChI=1S/C17H10Cl3NO2S/c18-12-4-1-10(2-5-12)9-21-16(22)15(24-17(21)23)7-11-3-6-13(19)8-14(11)20/h1-8H,9H2/b15-7-. The summed E-state index contributed by atoms with van der Waals surface area (Å²) in [6, 6.07) is 12.0. The van der Waals surface area contributed by atoms with Gasteiger partial charge in [-0.2, -0.15) is 0 Å². The van der Waals surface area contributed by atoms with E-state index in [4.69, 9.17) is 34.8 Å². The van der Waals surface area contributed by atoms with Gasteiger partial charge in [-0.3, -0.25) is 14.5 Å². The zero-order valence-electron chi connectivity index (χ0n) is 12.1. The lowest BCUT2D eigenvalue weighted by Gasteiger charge is -2.12. The van der Waals surface area contributed by atoms with Gasteiger partial charge in [0.15, 0.2) is 0 Å². The second-order valence-electron chi connectivity index (χ2n) is 5.06. The van der Waals surface area contributed by atoms with Crippen LogP contribution in [0.3, 0.4) is 0 Å². The Labute approximate surface area is 158 Å². The molecule has 7 heteroatoms. The molecule has 2 amide bonds. The Morgan fingerprint density at radius 2 is 1.62 bits per heavy atom. The lowest BCUT2D eigenvalue weighted by Crippen LogP contribution is -2.27. The van der Waals surface area contributed by atoms with Crippen molar-refractivity contribution in [1.29, 1.82) is 0 Å². The van der Waals surface area contributed by atoms with Crippen molar-refractivity contribution in [1.82, 2.24) is 4.90 Å². The van der Waals surface area contributed by atoms with E-state index in [9.17, 15) is 9.59 Å². The van der Waals surface area contributed by atoms with Gasteiger partial charge in [0.1, 0.15) is 0 Å². The van der Waals surface area contributed by atoms with E-state index < -0.39 is 0 Å². The molecule has 1 saturated heterocycles. The van der Waals surface area contributed by atoms with Gasteiger partial charge >= 0.3 is 0 Å². The van der Waals surface area contributed by atoms with Gasteiger partial charge in [0, 0.05) is 15.1 Å². The molecule has 1 fully saturated rings. The Hall–Kier alpha value is -1.46. The maximum Gasteiger partial charge on any atom is 0.293 e. The van der Waals surface area contributed by atoms with Crippen molar-refractivity contribution in [3.8, 4) is 0 Å². The van der Waals surface area contributed by atoms with E-state index >= 15 is 0 Å². The summed E-state index contributed by atoms with van der Waals surface area (Å²) in [5, 5.41) is 1.22. The van der Waals surface area contributed by atoms with Crippen molar-refractivity contribution in [2.45, 2.75) is 6.54 Å². The fourth-order valence-electron chi connectivity index (χ4n) is 2.17. The summed E-state index contributed by atoms with van der Waals surface area (Å²) in [6.07, 6.45) is 1.60. The fraction of sp³-hybridized carbons (Fsp3) is 0.0588. The predicted molar refractivity (Wildman–Crippen MR) is 99.4 cm³/mol. The molecule has 0 bridgehead atoms. The summed E-state index contributed by atoms with van der Waals surface area (Å²) >= 11 is 18.7. The first kappa shape index (κ1) is 17.4. The van der Waals surface area contributed by atoms with Gasteiger partial charge in [0.05, 0.1) is 11.4 Å². The van der Waals surface area contributed by atoms with Gasteiger partial charge in [-0.15, -0.1) is 0 Å². The van der Waals surface area contributed by atoms with Crippen LogP contribution in [0.25, 0.3) is 6.08 Å². The molecule has 24 heavy (non-hydrogen) atoms. The first-order valence-electron chi connectivity index (χ1n) is 6.89. The molecule has 3 rings (SSSR count). The van der Waals surface area contributed by atoms with Crippen molar-refractivity contribution in [2.24, 2.45) is 0 Å². The number of carbonyl (C=O) groups is 2. The van der Waals surface area contributed by atoms with E-state index in [1.807, 2.05) is 0 Å². The molecule has 2 aromatic rings. The van der Waals surface area contributed by atoms with E-state index in [1.165, 1.54) is 4.90 Å². The Balaban J connectivity index is 1.83. The highest BCUT2D eigenvalue weighted by atomic mass is 35.5. The monoisotopic (exact) mass is 397 g/mol. The number of nitrogens with zero attached hydrogens (tertiary/aromatic N) is 1. The second-order valence-corrected chi connectivity index (χ2v) is 7.33. The van der Waals surface area contributed by atoms with E-state index in [0.717, 1.165) is 17.3 Å². The number of benzene rings is 2. The van der Waals surface area contributed by atoms with Crippen LogP contribution in [0.4, 0.5) is 4.79 Å². The molecular formula is C17H10Cl3NO2S. The first-order valence-corrected chi connectivity index (χ1v) is 8.84. The lowest BCUT2D eigenvalue weighted by molar-refractivity contribution is -0.123.